The first-order chi connectivity index (χ1) is 15.0. The van der Waals surface area contributed by atoms with Gasteiger partial charge in [-0.05, 0) is 86.5 Å². The molecule has 0 saturated carbocycles. The Morgan fingerprint density at radius 3 is 2.45 bits per heavy atom. The van der Waals surface area contributed by atoms with E-state index in [1.165, 1.54) is 16.7 Å². The van der Waals surface area contributed by atoms with Gasteiger partial charge in [-0.15, -0.1) is 0 Å². The fraction of sp³-hybridized carbons (Fsp3) is 0.429. The summed E-state index contributed by atoms with van der Waals surface area (Å²) in [6, 6.07) is 14.5. The fourth-order valence-electron chi connectivity index (χ4n) is 5.01. The Balaban J connectivity index is 1.60. The number of rotatable bonds is 6. The van der Waals surface area contributed by atoms with Crippen molar-refractivity contribution in [1.29, 1.82) is 0 Å². The summed E-state index contributed by atoms with van der Waals surface area (Å²) in [5.74, 6) is 1.92. The van der Waals surface area contributed by atoms with E-state index in [4.69, 9.17) is 4.74 Å². The molecule has 2 atom stereocenters. The summed E-state index contributed by atoms with van der Waals surface area (Å²) in [6.07, 6.45) is 11.4. The SMILES string of the molecule is Cc1cc(O)ccc1[C@@H](c1ccc(OC2CCN(C)CC2)cc1)[C@H](C)C1=CC=CCC1. The molecule has 4 rings (SSSR count). The lowest BCUT2D eigenvalue weighted by atomic mass is 9.75. The van der Waals surface area contributed by atoms with Gasteiger partial charge in [0.05, 0.1) is 0 Å². The molecule has 3 heteroatoms. The maximum Gasteiger partial charge on any atom is 0.119 e. The second kappa shape index (κ2) is 9.74. The number of piperidine rings is 1. The molecule has 1 saturated heterocycles. The minimum Gasteiger partial charge on any atom is -0.508 e. The third-order valence-corrected chi connectivity index (χ3v) is 6.93. The van der Waals surface area contributed by atoms with Gasteiger partial charge in [-0.3, -0.25) is 0 Å². The highest BCUT2D eigenvalue weighted by molar-refractivity contribution is 5.44. The Bertz CT molecular complexity index is 936. The zero-order valence-electron chi connectivity index (χ0n) is 19.1. The number of ether oxygens (including phenoxy) is 1. The molecule has 0 aromatic heterocycles. The lowest BCUT2D eigenvalue weighted by Crippen LogP contribution is -2.35. The number of aromatic hydroxyl groups is 1. The van der Waals surface area contributed by atoms with Crippen molar-refractivity contribution in [3.05, 3.63) is 83.0 Å². The molecule has 0 radical (unpaired) electrons. The van der Waals surface area contributed by atoms with Crippen LogP contribution in [-0.2, 0) is 0 Å². The van der Waals surface area contributed by atoms with E-state index in [0.717, 1.165) is 50.1 Å². The molecule has 2 aromatic carbocycles. The highest BCUT2D eigenvalue weighted by Crippen LogP contribution is 2.40. The number of aryl methyl sites for hydroxylation is 1. The molecular weight excluding hydrogens is 382 g/mol. The van der Waals surface area contributed by atoms with Gasteiger partial charge in [0.25, 0.3) is 0 Å². The van der Waals surface area contributed by atoms with Crippen molar-refractivity contribution in [3.63, 3.8) is 0 Å². The second-order valence-corrected chi connectivity index (χ2v) is 9.21. The molecule has 0 unspecified atom stereocenters. The van der Waals surface area contributed by atoms with E-state index in [-0.39, 0.29) is 5.92 Å². The maximum atomic E-state index is 9.95. The highest BCUT2D eigenvalue weighted by Gasteiger charge is 2.26. The summed E-state index contributed by atoms with van der Waals surface area (Å²) in [5, 5.41) is 9.95. The van der Waals surface area contributed by atoms with Crippen molar-refractivity contribution in [2.75, 3.05) is 20.1 Å². The van der Waals surface area contributed by atoms with Gasteiger partial charge in [0.2, 0.25) is 0 Å². The first-order valence-corrected chi connectivity index (χ1v) is 11.6. The summed E-state index contributed by atoms with van der Waals surface area (Å²) in [4.78, 5) is 2.37. The van der Waals surface area contributed by atoms with Crippen LogP contribution in [0.3, 0.4) is 0 Å². The van der Waals surface area contributed by atoms with E-state index in [9.17, 15) is 5.11 Å². The van der Waals surface area contributed by atoms with E-state index in [1.54, 1.807) is 0 Å². The minimum absolute atomic E-state index is 0.246. The Morgan fingerprint density at radius 1 is 1.06 bits per heavy atom. The van der Waals surface area contributed by atoms with Crippen molar-refractivity contribution in [2.45, 2.75) is 51.6 Å². The van der Waals surface area contributed by atoms with Gasteiger partial charge < -0.3 is 14.7 Å². The van der Waals surface area contributed by atoms with Crippen molar-refractivity contribution < 1.29 is 9.84 Å². The number of benzene rings is 2. The standard InChI is InChI=1S/C28H35NO2/c1-20-19-24(30)11-14-27(20)28(21(2)22-7-5-4-6-8-22)23-9-12-25(13-10-23)31-26-15-17-29(3)18-16-26/h4-5,7,9-14,19,21,26,28,30H,6,8,15-18H2,1-3H3/t21-,28-/m1/s1. The lowest BCUT2D eigenvalue weighted by molar-refractivity contribution is 0.114. The van der Waals surface area contributed by atoms with Crippen LogP contribution in [0, 0.1) is 12.8 Å². The van der Waals surface area contributed by atoms with Gasteiger partial charge in [-0.2, -0.15) is 0 Å². The Morgan fingerprint density at radius 2 is 1.81 bits per heavy atom. The molecule has 1 aliphatic heterocycles. The Kier molecular flexibility index (Phi) is 6.82. The van der Waals surface area contributed by atoms with Gasteiger partial charge in [-0.1, -0.05) is 48.9 Å². The average Bonchev–Trinajstić information content (AvgIpc) is 2.78. The van der Waals surface area contributed by atoms with E-state index in [2.05, 4.69) is 74.4 Å². The predicted molar refractivity (Wildman–Crippen MR) is 128 cm³/mol. The third kappa shape index (κ3) is 5.22. The molecule has 0 bridgehead atoms. The zero-order valence-corrected chi connectivity index (χ0v) is 19.1. The second-order valence-electron chi connectivity index (χ2n) is 9.21. The van der Waals surface area contributed by atoms with Crippen LogP contribution in [0.1, 0.15) is 55.2 Å². The number of allylic oxidation sites excluding steroid dienone is 4. The van der Waals surface area contributed by atoms with Crippen LogP contribution in [0.4, 0.5) is 0 Å². The molecule has 1 fully saturated rings. The zero-order chi connectivity index (χ0) is 21.8. The van der Waals surface area contributed by atoms with Crippen LogP contribution >= 0.6 is 0 Å². The summed E-state index contributed by atoms with van der Waals surface area (Å²) < 4.78 is 6.28. The molecule has 0 spiro atoms. The van der Waals surface area contributed by atoms with Crippen LogP contribution in [-0.4, -0.2) is 36.2 Å². The van der Waals surface area contributed by atoms with E-state index in [1.807, 2.05) is 12.1 Å². The molecule has 1 N–H and O–H groups in total. The number of phenols is 1. The van der Waals surface area contributed by atoms with Crippen molar-refractivity contribution in [3.8, 4) is 11.5 Å². The maximum absolute atomic E-state index is 9.95. The molecular formula is C28H35NO2. The number of hydrogen-bond donors (Lipinski definition) is 1. The smallest absolute Gasteiger partial charge is 0.119 e. The summed E-state index contributed by atoms with van der Waals surface area (Å²) in [5.41, 5.74) is 5.21. The summed E-state index contributed by atoms with van der Waals surface area (Å²) >= 11 is 0. The Hall–Kier alpha value is -2.52. The van der Waals surface area contributed by atoms with Gasteiger partial charge in [0.1, 0.15) is 17.6 Å². The molecule has 164 valence electrons. The van der Waals surface area contributed by atoms with Crippen molar-refractivity contribution >= 4 is 0 Å². The average molecular weight is 418 g/mol. The van der Waals surface area contributed by atoms with Crippen LogP contribution in [0.15, 0.2) is 66.3 Å². The number of phenolic OH excluding ortho intramolecular Hbond substituents is 1. The minimum atomic E-state index is 0.246. The number of likely N-dealkylation sites (tertiary alicyclic amines) is 1. The fourth-order valence-corrected chi connectivity index (χ4v) is 5.01. The van der Waals surface area contributed by atoms with E-state index < -0.39 is 0 Å². The van der Waals surface area contributed by atoms with Crippen LogP contribution in [0.2, 0.25) is 0 Å². The predicted octanol–water partition coefficient (Wildman–Crippen LogP) is 6.22. The van der Waals surface area contributed by atoms with Gasteiger partial charge in [-0.25, -0.2) is 0 Å². The van der Waals surface area contributed by atoms with Crippen LogP contribution < -0.4 is 4.74 Å². The number of nitrogens with zero attached hydrogens (tertiary/aromatic N) is 1. The largest absolute Gasteiger partial charge is 0.508 e. The van der Waals surface area contributed by atoms with Gasteiger partial charge in [0, 0.05) is 19.0 Å². The Labute approximate surface area is 187 Å². The highest BCUT2D eigenvalue weighted by atomic mass is 16.5. The van der Waals surface area contributed by atoms with Crippen molar-refractivity contribution in [1.82, 2.24) is 4.90 Å². The molecule has 2 aromatic rings. The third-order valence-electron chi connectivity index (χ3n) is 6.93. The number of hydrogen-bond acceptors (Lipinski definition) is 3. The molecule has 31 heavy (non-hydrogen) atoms. The lowest BCUT2D eigenvalue weighted by Gasteiger charge is -2.30. The first-order valence-electron chi connectivity index (χ1n) is 11.6. The van der Waals surface area contributed by atoms with Gasteiger partial charge >= 0.3 is 0 Å². The quantitative estimate of drug-likeness (QED) is 0.606. The van der Waals surface area contributed by atoms with Crippen molar-refractivity contribution in [2.24, 2.45) is 5.92 Å². The van der Waals surface area contributed by atoms with Crippen LogP contribution in [0.5, 0.6) is 11.5 Å². The summed E-state index contributed by atoms with van der Waals surface area (Å²) in [6.45, 7) is 6.64. The molecule has 0 amide bonds. The summed E-state index contributed by atoms with van der Waals surface area (Å²) in [7, 11) is 2.18. The van der Waals surface area contributed by atoms with E-state index in [0.29, 0.717) is 17.8 Å². The monoisotopic (exact) mass is 417 g/mol. The van der Waals surface area contributed by atoms with Gasteiger partial charge in [0.15, 0.2) is 0 Å². The van der Waals surface area contributed by atoms with Crippen LogP contribution in [0.25, 0.3) is 0 Å². The first kappa shape index (κ1) is 21.7. The molecule has 2 aliphatic rings. The van der Waals surface area contributed by atoms with E-state index >= 15 is 0 Å². The normalized spacial score (nSPS) is 19.6. The molecule has 1 aliphatic carbocycles. The molecule has 3 nitrogen and oxygen atoms in total. The topological polar surface area (TPSA) is 32.7 Å². The molecule has 1 heterocycles.